The molecule has 6 heteroatoms. The molecule has 0 aliphatic carbocycles. The van der Waals surface area contributed by atoms with Gasteiger partial charge in [0.05, 0.1) is 39.4 Å². The Morgan fingerprint density at radius 2 is 1.56 bits per heavy atom. The van der Waals surface area contributed by atoms with Crippen LogP contribution < -0.4 is 23.5 Å². The number of rotatable bonds is 4. The minimum Gasteiger partial charge on any atom is -0.504 e. The van der Waals surface area contributed by atoms with Crippen molar-refractivity contribution in [3.63, 3.8) is 0 Å². The Morgan fingerprint density at radius 3 is 2.22 bits per heavy atom. The van der Waals surface area contributed by atoms with E-state index in [4.69, 9.17) is 18.9 Å². The van der Waals surface area contributed by atoms with Crippen LogP contribution in [-0.2, 0) is 13.0 Å². The van der Waals surface area contributed by atoms with Crippen LogP contribution in [0.15, 0.2) is 30.5 Å². The molecule has 0 saturated heterocycles. The number of pyridine rings is 1. The number of ether oxygens (including phenoxy) is 4. The lowest BCUT2D eigenvalue weighted by molar-refractivity contribution is -0.686. The highest BCUT2D eigenvalue weighted by atomic mass is 16.5. The molecule has 0 bridgehead atoms. The molecule has 0 unspecified atom stereocenters. The number of aromatic nitrogens is 1. The van der Waals surface area contributed by atoms with E-state index < -0.39 is 0 Å². The third kappa shape index (κ3) is 2.60. The zero-order valence-electron chi connectivity index (χ0n) is 15.8. The van der Waals surface area contributed by atoms with Gasteiger partial charge in [0.15, 0.2) is 35.7 Å². The van der Waals surface area contributed by atoms with Gasteiger partial charge in [-0.1, -0.05) is 0 Å². The summed E-state index contributed by atoms with van der Waals surface area (Å²) in [5, 5.41) is 12.1. The normalized spacial score (nSPS) is 12.3. The molecule has 0 fully saturated rings. The average Bonchev–Trinajstić information content (AvgIpc) is 2.70. The first-order valence-corrected chi connectivity index (χ1v) is 8.67. The third-order valence-corrected chi connectivity index (χ3v) is 5.09. The third-order valence-electron chi connectivity index (χ3n) is 5.09. The number of nitrogens with zero attached hydrogens (tertiary/aromatic N) is 1. The minimum absolute atomic E-state index is 0.0511. The van der Waals surface area contributed by atoms with E-state index in [0.717, 1.165) is 40.7 Å². The fourth-order valence-corrected chi connectivity index (χ4v) is 3.79. The van der Waals surface area contributed by atoms with Gasteiger partial charge >= 0.3 is 0 Å². The zero-order chi connectivity index (χ0) is 19.1. The van der Waals surface area contributed by atoms with E-state index in [1.165, 1.54) is 12.7 Å². The van der Waals surface area contributed by atoms with Gasteiger partial charge in [0.25, 0.3) is 0 Å². The van der Waals surface area contributed by atoms with Crippen molar-refractivity contribution in [1.82, 2.24) is 0 Å². The molecule has 3 aromatic rings. The Hall–Kier alpha value is -3.15. The molecule has 0 radical (unpaired) electrons. The first-order valence-electron chi connectivity index (χ1n) is 8.67. The van der Waals surface area contributed by atoms with Crippen LogP contribution in [0, 0.1) is 0 Å². The van der Waals surface area contributed by atoms with Gasteiger partial charge in [0, 0.05) is 17.9 Å². The van der Waals surface area contributed by atoms with Gasteiger partial charge in [-0.2, -0.15) is 4.57 Å². The summed E-state index contributed by atoms with van der Waals surface area (Å²) in [5.74, 6) is 2.35. The molecule has 1 N–H and O–H groups in total. The number of benzene rings is 2. The first-order chi connectivity index (χ1) is 13.1. The van der Waals surface area contributed by atoms with E-state index >= 15 is 0 Å². The molecule has 2 heterocycles. The summed E-state index contributed by atoms with van der Waals surface area (Å²) in [4.78, 5) is 0. The molecule has 140 valence electrons. The highest BCUT2D eigenvalue weighted by Crippen LogP contribution is 2.44. The van der Waals surface area contributed by atoms with Gasteiger partial charge in [-0.25, -0.2) is 0 Å². The second-order valence-electron chi connectivity index (χ2n) is 6.43. The number of fused-ring (bicyclic) bond motifs is 4. The van der Waals surface area contributed by atoms with Gasteiger partial charge in [-0.15, -0.1) is 0 Å². The molecule has 0 atom stereocenters. The van der Waals surface area contributed by atoms with E-state index in [0.29, 0.717) is 17.2 Å². The van der Waals surface area contributed by atoms with Crippen LogP contribution >= 0.6 is 0 Å². The molecule has 1 aliphatic rings. The van der Waals surface area contributed by atoms with Gasteiger partial charge in [-0.05, 0) is 23.8 Å². The largest absolute Gasteiger partial charge is 0.504 e. The van der Waals surface area contributed by atoms with E-state index in [2.05, 4.69) is 10.6 Å². The molecule has 6 nitrogen and oxygen atoms in total. The Kier molecular flexibility index (Phi) is 4.18. The zero-order valence-corrected chi connectivity index (χ0v) is 15.8. The number of aromatic hydroxyl groups is 1. The lowest BCUT2D eigenvalue weighted by Crippen LogP contribution is -2.40. The fraction of sp³-hybridized carbons (Fsp3) is 0.286. The number of phenols is 1. The van der Waals surface area contributed by atoms with E-state index in [-0.39, 0.29) is 5.75 Å². The first kappa shape index (κ1) is 17.3. The summed E-state index contributed by atoms with van der Waals surface area (Å²) in [7, 11) is 6.38. The van der Waals surface area contributed by atoms with Crippen LogP contribution in [0.25, 0.3) is 22.0 Å². The van der Waals surface area contributed by atoms with Crippen molar-refractivity contribution >= 4 is 10.8 Å². The molecular formula is C21H22NO5+. The molecule has 0 spiro atoms. The van der Waals surface area contributed by atoms with Crippen molar-refractivity contribution in [3.05, 3.63) is 36.0 Å². The van der Waals surface area contributed by atoms with Gasteiger partial charge in [-0.3, -0.25) is 0 Å². The van der Waals surface area contributed by atoms with E-state index in [1.807, 2.05) is 18.3 Å². The van der Waals surface area contributed by atoms with Gasteiger partial charge in [0.1, 0.15) is 0 Å². The van der Waals surface area contributed by atoms with Gasteiger partial charge < -0.3 is 24.1 Å². The van der Waals surface area contributed by atoms with Crippen molar-refractivity contribution in [2.75, 3.05) is 28.4 Å². The van der Waals surface area contributed by atoms with E-state index in [9.17, 15) is 5.11 Å². The maximum atomic E-state index is 10.3. The predicted molar refractivity (Wildman–Crippen MR) is 101 cm³/mol. The second kappa shape index (κ2) is 6.54. The average molecular weight is 368 g/mol. The smallest absolute Gasteiger partial charge is 0.213 e. The highest BCUT2D eigenvalue weighted by molar-refractivity contribution is 5.93. The summed E-state index contributed by atoms with van der Waals surface area (Å²) < 4.78 is 23.9. The molecule has 4 rings (SSSR count). The quantitative estimate of drug-likeness (QED) is 0.717. The standard InChI is InChI=1S/C21H21NO5/c1-24-18-9-12-5-6-22-11-15-13(7-16(22)14(12)10-19(18)25-2)8-17(23)21(27-4)20(15)26-3/h7-11H,5-6H2,1-4H3/p+1. The van der Waals surface area contributed by atoms with Crippen LogP contribution in [0.4, 0.5) is 0 Å². The highest BCUT2D eigenvalue weighted by Gasteiger charge is 2.28. The van der Waals surface area contributed by atoms with Crippen LogP contribution in [0.1, 0.15) is 5.56 Å². The summed E-state index contributed by atoms with van der Waals surface area (Å²) in [5.41, 5.74) is 3.35. The lowest BCUT2D eigenvalue weighted by Gasteiger charge is -2.19. The Balaban J connectivity index is 1.99. The summed E-state index contributed by atoms with van der Waals surface area (Å²) in [6.45, 7) is 0.833. The summed E-state index contributed by atoms with van der Waals surface area (Å²) in [6.07, 6.45) is 2.93. The fourth-order valence-electron chi connectivity index (χ4n) is 3.79. The van der Waals surface area contributed by atoms with Crippen molar-refractivity contribution in [2.24, 2.45) is 0 Å². The molecule has 1 aliphatic heterocycles. The topological polar surface area (TPSA) is 61.0 Å². The number of methoxy groups -OCH3 is 4. The summed E-state index contributed by atoms with van der Waals surface area (Å²) in [6, 6.07) is 7.80. The molecule has 27 heavy (non-hydrogen) atoms. The Morgan fingerprint density at radius 1 is 0.852 bits per heavy atom. The molecular weight excluding hydrogens is 346 g/mol. The maximum Gasteiger partial charge on any atom is 0.213 e. The number of aryl methyl sites for hydroxylation is 2. The molecule has 2 aromatic carbocycles. The van der Waals surface area contributed by atoms with Crippen LogP contribution in [-0.4, -0.2) is 33.5 Å². The van der Waals surface area contributed by atoms with Crippen LogP contribution in [0.3, 0.4) is 0 Å². The number of hydrogen-bond acceptors (Lipinski definition) is 5. The second-order valence-corrected chi connectivity index (χ2v) is 6.43. The van der Waals surface area contributed by atoms with Crippen LogP contribution in [0.5, 0.6) is 28.7 Å². The van der Waals surface area contributed by atoms with Crippen molar-refractivity contribution in [2.45, 2.75) is 13.0 Å². The molecule has 0 amide bonds. The predicted octanol–water partition coefficient (Wildman–Crippen LogP) is 3.09. The van der Waals surface area contributed by atoms with E-state index in [1.54, 1.807) is 27.4 Å². The van der Waals surface area contributed by atoms with Crippen LogP contribution in [0.2, 0.25) is 0 Å². The number of hydrogen-bond donors (Lipinski definition) is 1. The lowest BCUT2D eigenvalue weighted by atomic mass is 9.95. The van der Waals surface area contributed by atoms with Crippen molar-refractivity contribution in [3.8, 4) is 40.0 Å². The monoisotopic (exact) mass is 368 g/mol. The molecule has 0 saturated carbocycles. The Labute approximate surface area is 157 Å². The summed E-state index contributed by atoms with van der Waals surface area (Å²) >= 11 is 0. The number of phenolic OH excluding ortho intramolecular Hbond substituents is 1. The van der Waals surface area contributed by atoms with Crippen molar-refractivity contribution < 1.29 is 28.6 Å². The SMILES string of the molecule is COc1cc2c(cc1OC)-c1cc3cc(O)c(OC)c(OC)c3c[n+]1CC2. The molecule has 1 aromatic heterocycles. The minimum atomic E-state index is 0.0511. The Bertz CT molecular complexity index is 1040. The maximum absolute atomic E-state index is 10.3. The van der Waals surface area contributed by atoms with Gasteiger partial charge in [0.2, 0.25) is 11.4 Å². The van der Waals surface area contributed by atoms with Crippen molar-refractivity contribution in [1.29, 1.82) is 0 Å².